The Kier molecular flexibility index (Phi) is 3.62. The molecule has 3 rings (SSSR count). The molecular formula is C13H17N3O4S. The lowest BCUT2D eigenvalue weighted by molar-refractivity contribution is 0.0109. The van der Waals surface area contributed by atoms with E-state index in [9.17, 15) is 13.5 Å². The SMILES string of the molecule is Nc1ccc2[nH]cc(S(=O)(=O)N3CCOCC3CO)c2c1. The Morgan fingerprint density at radius 2 is 2.29 bits per heavy atom. The molecule has 1 unspecified atom stereocenters. The van der Waals surface area contributed by atoms with Crippen molar-refractivity contribution < 1.29 is 18.3 Å². The van der Waals surface area contributed by atoms with Gasteiger partial charge in [0, 0.05) is 29.3 Å². The van der Waals surface area contributed by atoms with Crippen LogP contribution in [0.4, 0.5) is 5.69 Å². The van der Waals surface area contributed by atoms with Crippen molar-refractivity contribution in [3.8, 4) is 0 Å². The summed E-state index contributed by atoms with van der Waals surface area (Å²) < 4.78 is 32.2. The molecule has 0 bridgehead atoms. The zero-order valence-corrected chi connectivity index (χ0v) is 12.1. The molecule has 8 heteroatoms. The van der Waals surface area contributed by atoms with E-state index in [4.69, 9.17) is 10.5 Å². The van der Waals surface area contributed by atoms with E-state index in [1.54, 1.807) is 18.2 Å². The number of aromatic nitrogens is 1. The van der Waals surface area contributed by atoms with Crippen LogP contribution in [0.25, 0.3) is 10.9 Å². The summed E-state index contributed by atoms with van der Waals surface area (Å²) in [5.74, 6) is 0. The summed E-state index contributed by atoms with van der Waals surface area (Å²) in [7, 11) is -3.72. The Balaban J connectivity index is 2.09. The summed E-state index contributed by atoms with van der Waals surface area (Å²) in [6.45, 7) is 0.465. The minimum atomic E-state index is -3.72. The summed E-state index contributed by atoms with van der Waals surface area (Å²) in [4.78, 5) is 3.11. The molecular weight excluding hydrogens is 294 g/mol. The molecule has 2 aromatic rings. The van der Waals surface area contributed by atoms with Crippen molar-refractivity contribution >= 4 is 26.6 Å². The van der Waals surface area contributed by atoms with Gasteiger partial charge in [-0.1, -0.05) is 0 Å². The molecule has 114 valence electrons. The normalized spacial score (nSPS) is 20.9. The number of sulfonamides is 1. The van der Waals surface area contributed by atoms with Crippen LogP contribution in [0.15, 0.2) is 29.3 Å². The van der Waals surface area contributed by atoms with Gasteiger partial charge in [0.25, 0.3) is 0 Å². The molecule has 21 heavy (non-hydrogen) atoms. The molecule has 1 aliphatic heterocycles. The smallest absolute Gasteiger partial charge is 0.245 e. The first kappa shape index (κ1) is 14.3. The van der Waals surface area contributed by atoms with E-state index in [0.717, 1.165) is 0 Å². The van der Waals surface area contributed by atoms with Gasteiger partial charge in [0.15, 0.2) is 0 Å². The first-order valence-corrected chi connectivity index (χ1v) is 8.05. The number of nitrogens with zero attached hydrogens (tertiary/aromatic N) is 1. The van der Waals surface area contributed by atoms with Crippen molar-refractivity contribution in [3.63, 3.8) is 0 Å². The second kappa shape index (κ2) is 5.30. The minimum Gasteiger partial charge on any atom is -0.399 e. The first-order valence-electron chi connectivity index (χ1n) is 6.61. The highest BCUT2D eigenvalue weighted by Crippen LogP contribution is 2.28. The summed E-state index contributed by atoms with van der Waals surface area (Å²) in [6.07, 6.45) is 1.46. The summed E-state index contributed by atoms with van der Waals surface area (Å²) in [6, 6.07) is 4.52. The molecule has 0 saturated carbocycles. The molecule has 1 aromatic heterocycles. The van der Waals surface area contributed by atoms with E-state index in [1.807, 2.05) is 0 Å². The van der Waals surface area contributed by atoms with E-state index in [2.05, 4.69) is 4.98 Å². The molecule has 0 radical (unpaired) electrons. The van der Waals surface area contributed by atoms with E-state index in [1.165, 1.54) is 10.5 Å². The number of rotatable bonds is 3. The van der Waals surface area contributed by atoms with Crippen LogP contribution in [0.5, 0.6) is 0 Å². The van der Waals surface area contributed by atoms with Gasteiger partial charge in [0.05, 0.1) is 25.9 Å². The predicted molar refractivity (Wildman–Crippen MR) is 78.3 cm³/mol. The van der Waals surface area contributed by atoms with Crippen molar-refractivity contribution in [3.05, 3.63) is 24.4 Å². The third-order valence-corrected chi connectivity index (χ3v) is 5.63. The van der Waals surface area contributed by atoms with Crippen molar-refractivity contribution in [2.75, 3.05) is 32.1 Å². The van der Waals surface area contributed by atoms with Gasteiger partial charge in [0.1, 0.15) is 4.90 Å². The number of nitrogen functional groups attached to an aromatic ring is 1. The van der Waals surface area contributed by atoms with Crippen LogP contribution in [0.3, 0.4) is 0 Å². The largest absolute Gasteiger partial charge is 0.399 e. The molecule has 4 N–H and O–H groups in total. The van der Waals surface area contributed by atoms with Gasteiger partial charge >= 0.3 is 0 Å². The predicted octanol–water partition coefficient (Wildman–Crippen LogP) is 0.132. The highest BCUT2D eigenvalue weighted by Gasteiger charge is 2.35. The number of morpholine rings is 1. The van der Waals surface area contributed by atoms with Crippen LogP contribution < -0.4 is 5.73 Å². The van der Waals surface area contributed by atoms with Crippen LogP contribution in [0, 0.1) is 0 Å². The zero-order chi connectivity index (χ0) is 15.0. The maximum Gasteiger partial charge on any atom is 0.245 e. The van der Waals surface area contributed by atoms with Gasteiger partial charge in [-0.05, 0) is 18.2 Å². The first-order chi connectivity index (χ1) is 10.0. The van der Waals surface area contributed by atoms with Gasteiger partial charge in [0.2, 0.25) is 10.0 Å². The molecule has 1 aromatic carbocycles. The molecule has 0 aliphatic carbocycles. The Labute approximate surface area is 122 Å². The van der Waals surface area contributed by atoms with E-state index >= 15 is 0 Å². The fourth-order valence-electron chi connectivity index (χ4n) is 2.55. The van der Waals surface area contributed by atoms with Gasteiger partial charge in [-0.2, -0.15) is 4.31 Å². The molecule has 1 aliphatic rings. The number of hydrogen-bond donors (Lipinski definition) is 3. The number of fused-ring (bicyclic) bond motifs is 1. The lowest BCUT2D eigenvalue weighted by Gasteiger charge is -2.33. The third kappa shape index (κ3) is 2.40. The van der Waals surface area contributed by atoms with Gasteiger partial charge in [-0.15, -0.1) is 0 Å². The number of anilines is 1. The Morgan fingerprint density at radius 3 is 3.05 bits per heavy atom. The van der Waals surface area contributed by atoms with Crippen LogP contribution in [-0.4, -0.2) is 55.2 Å². The molecule has 0 amide bonds. The van der Waals surface area contributed by atoms with Crippen molar-refractivity contribution in [1.82, 2.24) is 9.29 Å². The van der Waals surface area contributed by atoms with Crippen LogP contribution in [-0.2, 0) is 14.8 Å². The number of benzene rings is 1. The van der Waals surface area contributed by atoms with Crippen molar-refractivity contribution in [2.24, 2.45) is 0 Å². The molecule has 2 heterocycles. The highest BCUT2D eigenvalue weighted by atomic mass is 32.2. The van der Waals surface area contributed by atoms with Gasteiger partial charge < -0.3 is 20.6 Å². The van der Waals surface area contributed by atoms with Crippen molar-refractivity contribution in [1.29, 1.82) is 0 Å². The lowest BCUT2D eigenvalue weighted by Crippen LogP contribution is -2.50. The fraction of sp³-hybridized carbons (Fsp3) is 0.385. The number of hydrogen-bond acceptors (Lipinski definition) is 5. The fourth-order valence-corrected chi connectivity index (χ4v) is 4.29. The number of aliphatic hydroxyl groups excluding tert-OH is 1. The number of nitrogens with one attached hydrogen (secondary N) is 1. The number of aliphatic hydroxyl groups is 1. The van der Waals surface area contributed by atoms with Crippen LogP contribution in [0.1, 0.15) is 0 Å². The van der Waals surface area contributed by atoms with Crippen LogP contribution in [0.2, 0.25) is 0 Å². The van der Waals surface area contributed by atoms with E-state index in [0.29, 0.717) is 23.2 Å². The number of nitrogens with two attached hydrogens (primary N) is 1. The summed E-state index contributed by atoms with van der Waals surface area (Å²) >= 11 is 0. The standard InChI is InChI=1S/C13H17N3O4S/c14-9-1-2-12-11(5-9)13(6-15-12)21(18,19)16-3-4-20-8-10(16)7-17/h1-2,5-6,10,15,17H,3-4,7-8,14H2. The maximum atomic E-state index is 12.8. The summed E-state index contributed by atoms with van der Waals surface area (Å²) in [5.41, 5.74) is 6.95. The topological polar surface area (TPSA) is 109 Å². The van der Waals surface area contributed by atoms with Crippen LogP contribution >= 0.6 is 0 Å². The van der Waals surface area contributed by atoms with Gasteiger partial charge in [-0.3, -0.25) is 0 Å². The molecule has 7 nitrogen and oxygen atoms in total. The Morgan fingerprint density at radius 1 is 1.48 bits per heavy atom. The second-order valence-corrected chi connectivity index (χ2v) is 6.84. The molecule has 1 saturated heterocycles. The number of aromatic amines is 1. The monoisotopic (exact) mass is 311 g/mol. The molecule has 1 atom stereocenters. The average Bonchev–Trinajstić information content (AvgIpc) is 2.90. The van der Waals surface area contributed by atoms with E-state index in [-0.39, 0.29) is 24.7 Å². The average molecular weight is 311 g/mol. The third-order valence-electron chi connectivity index (χ3n) is 3.64. The highest BCUT2D eigenvalue weighted by molar-refractivity contribution is 7.89. The van der Waals surface area contributed by atoms with Gasteiger partial charge in [-0.25, -0.2) is 8.42 Å². The maximum absolute atomic E-state index is 12.8. The number of ether oxygens (including phenoxy) is 1. The summed E-state index contributed by atoms with van der Waals surface area (Å²) in [5, 5.41) is 9.92. The van der Waals surface area contributed by atoms with E-state index < -0.39 is 16.1 Å². The number of H-pyrrole nitrogens is 1. The van der Waals surface area contributed by atoms with Crippen molar-refractivity contribution in [2.45, 2.75) is 10.9 Å². The minimum absolute atomic E-state index is 0.171. The molecule has 1 fully saturated rings. The Hall–Kier alpha value is -1.61. The lowest BCUT2D eigenvalue weighted by atomic mass is 10.2. The quantitative estimate of drug-likeness (QED) is 0.698. The zero-order valence-electron chi connectivity index (χ0n) is 11.3. The Bertz CT molecular complexity index is 756. The molecule has 0 spiro atoms. The second-order valence-electron chi connectivity index (χ2n) is 4.99.